The third kappa shape index (κ3) is 3.84. The largest absolute Gasteiger partial charge is 0.320 e. The molecule has 28 heavy (non-hydrogen) atoms. The van der Waals surface area contributed by atoms with Crippen LogP contribution in [0.4, 0.5) is 27.6 Å². The summed E-state index contributed by atoms with van der Waals surface area (Å²) in [4.78, 5) is 12.5. The van der Waals surface area contributed by atoms with Crippen LogP contribution in [-0.2, 0) is 7.05 Å². The number of carbonyl (C=O) groups is 1. The van der Waals surface area contributed by atoms with E-state index in [2.05, 4.69) is 10.4 Å². The Morgan fingerprint density at radius 3 is 2.50 bits per heavy atom. The number of halogens is 6. The van der Waals surface area contributed by atoms with Crippen LogP contribution in [0.2, 0.25) is 5.02 Å². The lowest BCUT2D eigenvalue weighted by atomic mass is 10.0. The van der Waals surface area contributed by atoms with E-state index in [-0.39, 0.29) is 21.8 Å². The minimum atomic E-state index is -3.00. The summed E-state index contributed by atoms with van der Waals surface area (Å²) in [6.07, 6.45) is -1.91. The van der Waals surface area contributed by atoms with Crippen molar-refractivity contribution >= 4 is 23.2 Å². The molecule has 0 radical (unpaired) electrons. The monoisotopic (exact) mass is 415 g/mol. The van der Waals surface area contributed by atoms with Crippen LogP contribution in [0.25, 0.3) is 11.1 Å². The molecular weight excluding hydrogens is 405 g/mol. The van der Waals surface area contributed by atoms with Gasteiger partial charge in [0.1, 0.15) is 11.5 Å². The Kier molecular flexibility index (Phi) is 5.37. The Hall–Kier alpha value is -2.94. The number of aryl methyl sites for hydroxylation is 1. The van der Waals surface area contributed by atoms with Gasteiger partial charge in [0, 0.05) is 18.8 Å². The zero-order valence-electron chi connectivity index (χ0n) is 14.1. The molecular formula is C18H11ClF5N3O. The average Bonchev–Trinajstić information content (AvgIpc) is 3.01. The number of rotatable bonds is 4. The minimum absolute atomic E-state index is 0.0240. The molecule has 1 aromatic heterocycles. The van der Waals surface area contributed by atoms with Crippen LogP contribution < -0.4 is 5.32 Å². The summed E-state index contributed by atoms with van der Waals surface area (Å²) in [5, 5.41) is 5.60. The first-order chi connectivity index (χ1) is 13.2. The van der Waals surface area contributed by atoms with Crippen LogP contribution in [0.3, 0.4) is 0 Å². The number of hydrogen-bond acceptors (Lipinski definition) is 2. The highest BCUT2D eigenvalue weighted by atomic mass is 35.5. The van der Waals surface area contributed by atoms with E-state index in [1.807, 2.05) is 0 Å². The second-order valence-electron chi connectivity index (χ2n) is 5.80. The topological polar surface area (TPSA) is 46.9 Å². The molecule has 10 heteroatoms. The lowest BCUT2D eigenvalue weighted by Gasteiger charge is -2.14. The maximum Gasteiger partial charge on any atom is 0.282 e. The highest BCUT2D eigenvalue weighted by molar-refractivity contribution is 6.34. The number of carbonyl (C=O) groups excluding carboxylic acids is 1. The van der Waals surface area contributed by atoms with Gasteiger partial charge in [0.25, 0.3) is 12.3 Å². The zero-order chi connectivity index (χ0) is 20.6. The number of anilines is 1. The summed E-state index contributed by atoms with van der Waals surface area (Å²) in [6.45, 7) is 0. The van der Waals surface area contributed by atoms with E-state index in [9.17, 15) is 26.7 Å². The molecule has 0 bridgehead atoms. The quantitative estimate of drug-likeness (QED) is 0.584. The summed E-state index contributed by atoms with van der Waals surface area (Å²) in [6, 6.07) is 4.62. The number of benzene rings is 2. The first-order valence-corrected chi connectivity index (χ1v) is 8.12. The van der Waals surface area contributed by atoms with Gasteiger partial charge in [0.05, 0.1) is 16.3 Å². The van der Waals surface area contributed by atoms with Gasteiger partial charge in [-0.15, -0.1) is 0 Å². The van der Waals surface area contributed by atoms with E-state index in [1.165, 1.54) is 7.05 Å². The van der Waals surface area contributed by atoms with Crippen molar-refractivity contribution in [3.63, 3.8) is 0 Å². The molecule has 0 aliphatic heterocycles. The fourth-order valence-corrected chi connectivity index (χ4v) is 2.87. The third-order valence-corrected chi connectivity index (χ3v) is 4.13. The van der Waals surface area contributed by atoms with E-state index in [4.69, 9.17) is 11.6 Å². The van der Waals surface area contributed by atoms with Gasteiger partial charge < -0.3 is 5.32 Å². The van der Waals surface area contributed by atoms with E-state index in [0.717, 1.165) is 41.2 Å². The number of hydrogen-bond donors (Lipinski definition) is 1. The summed E-state index contributed by atoms with van der Waals surface area (Å²) >= 11 is 6.00. The molecule has 1 N–H and O–H groups in total. The smallest absolute Gasteiger partial charge is 0.282 e. The number of aromatic nitrogens is 2. The number of nitrogens with one attached hydrogen (secondary N) is 1. The van der Waals surface area contributed by atoms with Crippen molar-refractivity contribution in [3.05, 3.63) is 70.3 Å². The standard InChI is InChI=1S/C18H11ClF5N3O/c1-27-7-11(16(26-27)17(23)24)18(28)25-15-10(5-9(20)6-12(15)19)8-2-3-13(21)14(22)4-8/h2-7,17H,1H3,(H,25,28). The highest BCUT2D eigenvalue weighted by Crippen LogP contribution is 2.36. The molecule has 0 fully saturated rings. The number of alkyl halides is 2. The van der Waals surface area contributed by atoms with E-state index in [1.54, 1.807) is 0 Å². The van der Waals surface area contributed by atoms with Crippen LogP contribution in [0.5, 0.6) is 0 Å². The molecule has 2 aromatic carbocycles. The van der Waals surface area contributed by atoms with Crippen LogP contribution >= 0.6 is 11.6 Å². The SMILES string of the molecule is Cn1cc(C(=O)Nc2c(Cl)cc(F)cc2-c2ccc(F)c(F)c2)c(C(F)F)n1. The zero-order valence-corrected chi connectivity index (χ0v) is 14.9. The molecule has 0 spiro atoms. The molecule has 0 aliphatic carbocycles. The fraction of sp³-hybridized carbons (Fsp3) is 0.111. The normalized spacial score (nSPS) is 11.1. The Balaban J connectivity index is 2.07. The van der Waals surface area contributed by atoms with Gasteiger partial charge in [-0.1, -0.05) is 17.7 Å². The Bertz CT molecular complexity index is 1070. The Morgan fingerprint density at radius 1 is 1.14 bits per heavy atom. The summed E-state index contributed by atoms with van der Waals surface area (Å²) in [5.74, 6) is -4.07. The van der Waals surface area contributed by atoms with Crippen LogP contribution in [0.15, 0.2) is 36.5 Å². The molecule has 1 heterocycles. The first kappa shape index (κ1) is 19.8. The first-order valence-electron chi connectivity index (χ1n) is 7.75. The molecule has 3 aromatic rings. The van der Waals surface area contributed by atoms with Crippen molar-refractivity contribution in [3.8, 4) is 11.1 Å². The van der Waals surface area contributed by atoms with Crippen molar-refractivity contribution < 1.29 is 26.7 Å². The Labute approximate surface area is 160 Å². The van der Waals surface area contributed by atoms with Gasteiger partial charge in [-0.3, -0.25) is 9.48 Å². The van der Waals surface area contributed by atoms with Crippen molar-refractivity contribution in [2.75, 3.05) is 5.32 Å². The molecule has 1 amide bonds. The molecule has 146 valence electrons. The lowest BCUT2D eigenvalue weighted by Crippen LogP contribution is -2.15. The average molecular weight is 416 g/mol. The van der Waals surface area contributed by atoms with Gasteiger partial charge >= 0.3 is 0 Å². The number of nitrogens with zero attached hydrogens (tertiary/aromatic N) is 2. The maximum atomic E-state index is 13.8. The van der Waals surface area contributed by atoms with E-state index in [0.29, 0.717) is 0 Å². The van der Waals surface area contributed by atoms with Gasteiger partial charge in [-0.05, 0) is 29.8 Å². The lowest BCUT2D eigenvalue weighted by molar-refractivity contribution is 0.101. The predicted octanol–water partition coefficient (Wildman–Crippen LogP) is 5.35. The van der Waals surface area contributed by atoms with Crippen molar-refractivity contribution in [2.45, 2.75) is 6.43 Å². The minimum Gasteiger partial charge on any atom is -0.320 e. The fourth-order valence-electron chi connectivity index (χ4n) is 2.61. The molecule has 0 unspecified atom stereocenters. The molecule has 0 aliphatic rings. The van der Waals surface area contributed by atoms with Crippen LogP contribution in [0, 0.1) is 17.5 Å². The van der Waals surface area contributed by atoms with Gasteiger partial charge in [-0.2, -0.15) is 5.10 Å². The third-order valence-electron chi connectivity index (χ3n) is 3.83. The van der Waals surface area contributed by atoms with Crippen molar-refractivity contribution in [2.24, 2.45) is 7.05 Å². The second-order valence-corrected chi connectivity index (χ2v) is 6.20. The molecule has 0 saturated carbocycles. The van der Waals surface area contributed by atoms with Gasteiger partial charge in [-0.25, -0.2) is 22.0 Å². The van der Waals surface area contributed by atoms with E-state index < -0.39 is 41.0 Å². The molecule has 0 atom stereocenters. The molecule has 0 saturated heterocycles. The van der Waals surface area contributed by atoms with Crippen LogP contribution in [0.1, 0.15) is 22.5 Å². The summed E-state index contributed by atoms with van der Waals surface area (Å²) in [5.41, 5.74) is -1.33. The van der Waals surface area contributed by atoms with Crippen LogP contribution in [-0.4, -0.2) is 15.7 Å². The van der Waals surface area contributed by atoms with Crippen molar-refractivity contribution in [1.29, 1.82) is 0 Å². The van der Waals surface area contributed by atoms with E-state index >= 15 is 0 Å². The molecule has 3 rings (SSSR count). The summed E-state index contributed by atoms with van der Waals surface area (Å²) in [7, 11) is 1.36. The molecule has 4 nitrogen and oxygen atoms in total. The predicted molar refractivity (Wildman–Crippen MR) is 92.9 cm³/mol. The number of amides is 1. The highest BCUT2D eigenvalue weighted by Gasteiger charge is 2.24. The van der Waals surface area contributed by atoms with Gasteiger partial charge in [0.2, 0.25) is 0 Å². The van der Waals surface area contributed by atoms with Crippen molar-refractivity contribution in [1.82, 2.24) is 9.78 Å². The second kappa shape index (κ2) is 7.59. The maximum absolute atomic E-state index is 13.8. The summed E-state index contributed by atoms with van der Waals surface area (Å²) < 4.78 is 67.8. The van der Waals surface area contributed by atoms with Gasteiger partial charge in [0.15, 0.2) is 11.6 Å². The Morgan fingerprint density at radius 2 is 1.86 bits per heavy atom.